The molecule has 0 atom stereocenters. The van der Waals surface area contributed by atoms with Gasteiger partial charge in [0.25, 0.3) is 0 Å². The smallest absolute Gasteiger partial charge is 0.337 e. The van der Waals surface area contributed by atoms with Crippen molar-refractivity contribution in [3.63, 3.8) is 0 Å². The van der Waals surface area contributed by atoms with Gasteiger partial charge < -0.3 is 26.6 Å². The summed E-state index contributed by atoms with van der Waals surface area (Å²) in [6.45, 7) is 0. The molecular formula is C14H15N3O3. The van der Waals surface area contributed by atoms with Crippen LogP contribution in [0.4, 0.5) is 22.7 Å². The van der Waals surface area contributed by atoms with E-state index in [9.17, 15) is 9.90 Å². The summed E-state index contributed by atoms with van der Waals surface area (Å²) >= 11 is 0. The zero-order chi connectivity index (χ0) is 14.7. The van der Waals surface area contributed by atoms with E-state index in [0.717, 1.165) is 0 Å². The van der Waals surface area contributed by atoms with Crippen LogP contribution in [0, 0.1) is 0 Å². The summed E-state index contributed by atoms with van der Waals surface area (Å²) in [5.74, 6) is -0.637. The van der Waals surface area contributed by atoms with Crippen molar-refractivity contribution in [2.45, 2.75) is 0 Å². The fraction of sp³-hybridized carbons (Fsp3) is 0.0714. The average Bonchev–Trinajstić information content (AvgIpc) is 2.41. The zero-order valence-corrected chi connectivity index (χ0v) is 10.9. The van der Waals surface area contributed by atoms with Crippen LogP contribution in [0.2, 0.25) is 0 Å². The Kier molecular flexibility index (Phi) is 3.65. The molecule has 0 bridgehead atoms. The number of carboxylic acid groups (broad SMARTS) is 1. The summed E-state index contributed by atoms with van der Waals surface area (Å²) in [6.07, 6.45) is 0. The minimum atomic E-state index is -1.06. The molecular weight excluding hydrogens is 258 g/mol. The summed E-state index contributed by atoms with van der Waals surface area (Å²) in [5.41, 5.74) is 13.4. The number of anilines is 4. The second-order valence-corrected chi connectivity index (χ2v) is 4.16. The van der Waals surface area contributed by atoms with Gasteiger partial charge in [0.1, 0.15) is 5.75 Å². The van der Waals surface area contributed by atoms with Crippen LogP contribution in [0.25, 0.3) is 0 Å². The van der Waals surface area contributed by atoms with Gasteiger partial charge in [-0.2, -0.15) is 0 Å². The van der Waals surface area contributed by atoms with Crippen molar-refractivity contribution in [1.29, 1.82) is 0 Å². The first-order valence-electron chi connectivity index (χ1n) is 5.85. The molecule has 0 radical (unpaired) electrons. The first kappa shape index (κ1) is 13.5. The van der Waals surface area contributed by atoms with Gasteiger partial charge in [-0.1, -0.05) is 6.07 Å². The van der Waals surface area contributed by atoms with Crippen molar-refractivity contribution >= 4 is 28.7 Å². The van der Waals surface area contributed by atoms with Crippen molar-refractivity contribution in [2.24, 2.45) is 0 Å². The molecule has 2 aromatic rings. The van der Waals surface area contributed by atoms with Crippen LogP contribution in [0.1, 0.15) is 10.4 Å². The maximum atomic E-state index is 11.3. The number of carboxylic acids is 1. The molecule has 0 aliphatic carbocycles. The Morgan fingerprint density at radius 2 is 2.00 bits per heavy atom. The highest BCUT2D eigenvalue weighted by Gasteiger charge is 2.15. The Hall–Kier alpha value is -2.89. The number of nitrogens with two attached hydrogens (primary N) is 2. The predicted octanol–water partition coefficient (Wildman–Crippen LogP) is 2.30. The Morgan fingerprint density at radius 1 is 1.25 bits per heavy atom. The van der Waals surface area contributed by atoms with Crippen molar-refractivity contribution in [2.75, 3.05) is 23.9 Å². The summed E-state index contributed by atoms with van der Waals surface area (Å²) in [6, 6.07) is 9.72. The van der Waals surface area contributed by atoms with E-state index in [1.807, 2.05) is 0 Å². The van der Waals surface area contributed by atoms with Gasteiger partial charge in [0.05, 0.1) is 29.7 Å². The van der Waals surface area contributed by atoms with Crippen LogP contribution in [0.15, 0.2) is 36.4 Å². The maximum Gasteiger partial charge on any atom is 0.337 e. The van der Waals surface area contributed by atoms with Crippen LogP contribution >= 0.6 is 0 Å². The fourth-order valence-electron chi connectivity index (χ4n) is 1.84. The number of aromatic carboxylic acids is 1. The monoisotopic (exact) mass is 273 g/mol. The Morgan fingerprint density at radius 3 is 2.60 bits per heavy atom. The quantitative estimate of drug-likeness (QED) is 0.636. The van der Waals surface area contributed by atoms with Gasteiger partial charge in [0, 0.05) is 5.69 Å². The van der Waals surface area contributed by atoms with E-state index < -0.39 is 5.97 Å². The molecule has 104 valence electrons. The minimum absolute atomic E-state index is 0.0978. The maximum absolute atomic E-state index is 11.3. The molecule has 0 amide bonds. The average molecular weight is 273 g/mol. The molecule has 6 heteroatoms. The molecule has 0 aliphatic heterocycles. The lowest BCUT2D eigenvalue weighted by molar-refractivity contribution is 0.0697. The molecule has 2 rings (SSSR count). The lowest BCUT2D eigenvalue weighted by Crippen LogP contribution is -2.06. The number of hydrogen-bond donors (Lipinski definition) is 4. The van der Waals surface area contributed by atoms with E-state index in [4.69, 9.17) is 16.2 Å². The number of hydrogen-bond acceptors (Lipinski definition) is 5. The van der Waals surface area contributed by atoms with Crippen molar-refractivity contribution in [3.05, 3.63) is 42.0 Å². The highest BCUT2D eigenvalue weighted by atomic mass is 16.5. The third-order valence-electron chi connectivity index (χ3n) is 2.81. The Bertz CT molecular complexity index is 656. The van der Waals surface area contributed by atoms with Gasteiger partial charge >= 0.3 is 5.97 Å². The van der Waals surface area contributed by atoms with Gasteiger partial charge in [-0.15, -0.1) is 0 Å². The Labute approximate surface area is 116 Å². The third-order valence-corrected chi connectivity index (χ3v) is 2.81. The van der Waals surface area contributed by atoms with Crippen LogP contribution in [-0.4, -0.2) is 18.2 Å². The van der Waals surface area contributed by atoms with E-state index in [-0.39, 0.29) is 5.56 Å². The molecule has 6 nitrogen and oxygen atoms in total. The SMILES string of the molecule is COc1cccc(C(=O)O)c1Nc1ccc(N)cc1N. The van der Waals surface area contributed by atoms with E-state index in [1.165, 1.54) is 13.2 Å². The second kappa shape index (κ2) is 5.40. The number of benzene rings is 2. The summed E-state index contributed by atoms with van der Waals surface area (Å²) in [7, 11) is 1.47. The van der Waals surface area contributed by atoms with E-state index in [0.29, 0.717) is 28.5 Å². The fourth-order valence-corrected chi connectivity index (χ4v) is 1.84. The molecule has 0 aromatic heterocycles. The lowest BCUT2D eigenvalue weighted by Gasteiger charge is -2.15. The highest BCUT2D eigenvalue weighted by molar-refractivity contribution is 5.97. The van der Waals surface area contributed by atoms with Gasteiger partial charge in [0.15, 0.2) is 0 Å². The number of para-hydroxylation sites is 1. The Balaban J connectivity index is 2.49. The number of nitrogen functional groups attached to an aromatic ring is 2. The normalized spacial score (nSPS) is 10.1. The molecule has 0 saturated heterocycles. The third kappa shape index (κ3) is 2.59. The largest absolute Gasteiger partial charge is 0.495 e. The molecule has 2 aromatic carbocycles. The van der Waals surface area contributed by atoms with Gasteiger partial charge in [-0.25, -0.2) is 4.79 Å². The van der Waals surface area contributed by atoms with E-state index >= 15 is 0 Å². The zero-order valence-electron chi connectivity index (χ0n) is 10.9. The molecule has 0 unspecified atom stereocenters. The van der Waals surface area contributed by atoms with Crippen LogP contribution in [-0.2, 0) is 0 Å². The van der Waals surface area contributed by atoms with Crippen LogP contribution in [0.3, 0.4) is 0 Å². The van der Waals surface area contributed by atoms with Crippen LogP contribution in [0.5, 0.6) is 5.75 Å². The standard InChI is InChI=1S/C14H15N3O3/c1-20-12-4-2-3-9(14(18)19)13(12)17-11-6-5-8(15)7-10(11)16/h2-7,17H,15-16H2,1H3,(H,18,19). The number of carbonyl (C=O) groups is 1. The number of rotatable bonds is 4. The molecule has 0 heterocycles. The van der Waals surface area contributed by atoms with Gasteiger partial charge in [0.2, 0.25) is 0 Å². The molecule has 20 heavy (non-hydrogen) atoms. The predicted molar refractivity (Wildman–Crippen MR) is 78.5 cm³/mol. The molecule has 0 spiro atoms. The van der Waals surface area contributed by atoms with E-state index in [2.05, 4.69) is 5.32 Å². The minimum Gasteiger partial charge on any atom is -0.495 e. The van der Waals surface area contributed by atoms with Crippen molar-refractivity contribution in [1.82, 2.24) is 0 Å². The lowest BCUT2D eigenvalue weighted by atomic mass is 10.1. The number of ether oxygens (including phenoxy) is 1. The number of nitrogens with one attached hydrogen (secondary N) is 1. The molecule has 0 fully saturated rings. The molecule has 6 N–H and O–H groups in total. The summed E-state index contributed by atoms with van der Waals surface area (Å²) < 4.78 is 5.18. The number of methoxy groups -OCH3 is 1. The van der Waals surface area contributed by atoms with Gasteiger partial charge in [-0.3, -0.25) is 0 Å². The second-order valence-electron chi connectivity index (χ2n) is 4.16. The van der Waals surface area contributed by atoms with Crippen LogP contribution < -0.4 is 21.5 Å². The van der Waals surface area contributed by atoms with Crippen molar-refractivity contribution in [3.8, 4) is 5.75 Å². The first-order chi connectivity index (χ1) is 9.52. The molecule has 0 aliphatic rings. The summed E-state index contributed by atoms with van der Waals surface area (Å²) in [5, 5.41) is 12.2. The molecule has 0 saturated carbocycles. The van der Waals surface area contributed by atoms with E-state index in [1.54, 1.807) is 30.3 Å². The topological polar surface area (TPSA) is 111 Å². The highest BCUT2D eigenvalue weighted by Crippen LogP contribution is 2.33. The first-order valence-corrected chi connectivity index (χ1v) is 5.85. The van der Waals surface area contributed by atoms with Crippen molar-refractivity contribution < 1.29 is 14.6 Å². The summed E-state index contributed by atoms with van der Waals surface area (Å²) in [4.78, 5) is 11.3. The van der Waals surface area contributed by atoms with Gasteiger partial charge in [-0.05, 0) is 30.3 Å².